The first-order valence-electron chi connectivity index (χ1n) is 7.96. The standard InChI is InChI=1S/C15H30O5SSi3/c1-22(2,3)18-13-10-11-14(19-23(4,5)6)15(12-13)21(16,17)20-24(7,8)9/h10-12H,1-9H3. The van der Waals surface area contributed by atoms with Crippen LogP contribution in [0.3, 0.4) is 0 Å². The second-order valence-electron chi connectivity index (χ2n) is 8.69. The minimum Gasteiger partial charge on any atom is -0.544 e. The Bertz CT molecular complexity index is 683. The predicted molar refractivity (Wildman–Crippen MR) is 106 cm³/mol. The Kier molecular flexibility index (Phi) is 6.20. The van der Waals surface area contributed by atoms with Crippen LogP contribution in [-0.2, 0) is 14.0 Å². The highest BCUT2D eigenvalue weighted by atomic mass is 32.2. The van der Waals surface area contributed by atoms with Gasteiger partial charge in [-0.2, -0.15) is 8.42 Å². The fourth-order valence-corrected chi connectivity index (χ4v) is 7.24. The van der Waals surface area contributed by atoms with E-state index in [1.165, 1.54) is 6.07 Å². The predicted octanol–water partition coefficient (Wildman–Crippen LogP) is 4.65. The second-order valence-corrected chi connectivity index (χ2v) is 23.8. The van der Waals surface area contributed by atoms with Crippen LogP contribution in [0, 0.1) is 0 Å². The van der Waals surface area contributed by atoms with Crippen molar-refractivity contribution in [3.8, 4) is 11.5 Å². The fourth-order valence-electron chi connectivity index (χ4n) is 1.89. The molecule has 5 nitrogen and oxygen atoms in total. The third-order valence-electron chi connectivity index (χ3n) is 2.38. The Morgan fingerprint density at radius 2 is 1.25 bits per heavy atom. The van der Waals surface area contributed by atoms with Crippen molar-refractivity contribution in [2.75, 3.05) is 0 Å². The number of hydrogen-bond donors (Lipinski definition) is 0. The third-order valence-corrected chi connectivity index (χ3v) is 7.80. The summed E-state index contributed by atoms with van der Waals surface area (Å²) in [6.45, 7) is 17.7. The van der Waals surface area contributed by atoms with Crippen LogP contribution >= 0.6 is 0 Å². The van der Waals surface area contributed by atoms with Gasteiger partial charge in [-0.05, 0) is 71.1 Å². The molecule has 1 rings (SSSR count). The van der Waals surface area contributed by atoms with Crippen molar-refractivity contribution in [1.29, 1.82) is 0 Å². The molecule has 0 fully saturated rings. The molecule has 1 aromatic rings. The normalized spacial score (nSPS) is 13.7. The fraction of sp³-hybridized carbons (Fsp3) is 0.600. The van der Waals surface area contributed by atoms with Gasteiger partial charge >= 0.3 is 0 Å². The molecule has 1 aromatic carbocycles. The smallest absolute Gasteiger partial charge is 0.291 e. The van der Waals surface area contributed by atoms with E-state index in [1.54, 1.807) is 12.1 Å². The van der Waals surface area contributed by atoms with Gasteiger partial charge in [-0.3, -0.25) is 0 Å². The zero-order valence-corrected chi connectivity index (χ0v) is 20.0. The van der Waals surface area contributed by atoms with Gasteiger partial charge in [-0.1, -0.05) is 0 Å². The van der Waals surface area contributed by atoms with Gasteiger partial charge in [-0.15, -0.1) is 0 Å². The summed E-state index contributed by atoms with van der Waals surface area (Å²) in [6, 6.07) is 4.97. The molecule has 0 amide bonds. The minimum atomic E-state index is -3.90. The first-order chi connectivity index (χ1) is 10.5. The highest BCUT2D eigenvalue weighted by molar-refractivity contribution is 7.88. The Morgan fingerprint density at radius 3 is 1.67 bits per heavy atom. The van der Waals surface area contributed by atoms with E-state index in [-0.39, 0.29) is 4.90 Å². The van der Waals surface area contributed by atoms with Crippen LogP contribution in [0.5, 0.6) is 11.5 Å². The van der Waals surface area contributed by atoms with Gasteiger partial charge in [0, 0.05) is 6.07 Å². The van der Waals surface area contributed by atoms with Crippen LogP contribution in [0.25, 0.3) is 0 Å². The quantitative estimate of drug-likeness (QED) is 0.617. The number of hydrogen-bond acceptors (Lipinski definition) is 5. The van der Waals surface area contributed by atoms with Crippen molar-refractivity contribution < 1.29 is 21.1 Å². The summed E-state index contributed by atoms with van der Waals surface area (Å²) in [7, 11) is -10.0. The molecule has 0 saturated carbocycles. The molecule has 9 heteroatoms. The SMILES string of the molecule is C[Si](C)(C)Oc1ccc(O[Si](C)(C)C)c(S(=O)(=O)O[Si](C)(C)C)c1. The van der Waals surface area contributed by atoms with E-state index in [0.717, 1.165) is 0 Å². The van der Waals surface area contributed by atoms with Crippen LogP contribution in [-0.4, -0.2) is 33.4 Å². The van der Waals surface area contributed by atoms with Crippen LogP contribution in [0.4, 0.5) is 0 Å². The van der Waals surface area contributed by atoms with Gasteiger partial charge in [0.2, 0.25) is 25.0 Å². The number of rotatable bonds is 7. The van der Waals surface area contributed by atoms with E-state index < -0.39 is 35.1 Å². The maximum Gasteiger partial charge on any atom is 0.291 e. The van der Waals surface area contributed by atoms with Crippen molar-refractivity contribution in [1.82, 2.24) is 0 Å². The summed E-state index contributed by atoms with van der Waals surface area (Å²) in [5.41, 5.74) is 0. The van der Waals surface area contributed by atoms with E-state index in [4.69, 9.17) is 12.7 Å². The molecule has 0 aliphatic heterocycles. The average Bonchev–Trinajstić information content (AvgIpc) is 2.23. The van der Waals surface area contributed by atoms with Crippen molar-refractivity contribution in [2.45, 2.75) is 63.8 Å². The largest absolute Gasteiger partial charge is 0.544 e. The molecule has 0 bridgehead atoms. The first-order valence-corrected chi connectivity index (χ1v) is 19.6. The summed E-state index contributed by atoms with van der Waals surface area (Å²) in [6.07, 6.45) is 0. The molecule has 24 heavy (non-hydrogen) atoms. The molecule has 0 spiro atoms. The summed E-state index contributed by atoms with van der Waals surface area (Å²) in [5.74, 6) is 0.880. The lowest BCUT2D eigenvalue weighted by Crippen LogP contribution is -2.32. The van der Waals surface area contributed by atoms with Gasteiger partial charge in [-0.25, -0.2) is 0 Å². The number of benzene rings is 1. The van der Waals surface area contributed by atoms with Gasteiger partial charge in [0.15, 0.2) is 0 Å². The lowest BCUT2D eigenvalue weighted by molar-refractivity contribution is 0.472. The summed E-state index contributed by atoms with van der Waals surface area (Å²) < 4.78 is 42.9. The van der Waals surface area contributed by atoms with Gasteiger partial charge in [0.25, 0.3) is 10.1 Å². The van der Waals surface area contributed by atoms with Gasteiger partial charge in [0.1, 0.15) is 16.4 Å². The highest BCUT2D eigenvalue weighted by Crippen LogP contribution is 2.33. The topological polar surface area (TPSA) is 61.8 Å². The van der Waals surface area contributed by atoms with Crippen molar-refractivity contribution in [3.05, 3.63) is 18.2 Å². The molecule has 0 atom stereocenters. The van der Waals surface area contributed by atoms with E-state index in [2.05, 4.69) is 0 Å². The van der Waals surface area contributed by atoms with Crippen molar-refractivity contribution in [2.24, 2.45) is 0 Å². The zero-order valence-electron chi connectivity index (χ0n) is 16.2. The molecule has 0 radical (unpaired) electrons. The molecule has 138 valence electrons. The molecule has 0 aliphatic rings. The highest BCUT2D eigenvalue weighted by Gasteiger charge is 2.31. The first kappa shape index (κ1) is 21.4. The Morgan fingerprint density at radius 1 is 0.750 bits per heavy atom. The molecule has 0 unspecified atom stereocenters. The molecular formula is C15H30O5SSi3. The van der Waals surface area contributed by atoms with Crippen molar-refractivity contribution in [3.63, 3.8) is 0 Å². The summed E-state index contributed by atoms with van der Waals surface area (Å²) in [5, 5.41) is 0. The Labute approximate surface area is 149 Å². The van der Waals surface area contributed by atoms with Gasteiger partial charge in [0.05, 0.1) is 0 Å². The minimum absolute atomic E-state index is 0.0584. The van der Waals surface area contributed by atoms with Crippen LogP contribution in [0.15, 0.2) is 23.1 Å². The maximum absolute atomic E-state index is 12.8. The van der Waals surface area contributed by atoms with E-state index in [9.17, 15) is 8.42 Å². The van der Waals surface area contributed by atoms with Crippen LogP contribution in [0.2, 0.25) is 58.9 Å². The molecule has 0 N–H and O–H groups in total. The lowest BCUT2D eigenvalue weighted by Gasteiger charge is -2.25. The molecule has 0 heterocycles. The molecule has 0 saturated heterocycles. The summed E-state index contributed by atoms with van der Waals surface area (Å²) >= 11 is 0. The second kappa shape index (κ2) is 6.95. The average molecular weight is 407 g/mol. The van der Waals surface area contributed by atoms with E-state index in [1.807, 2.05) is 58.9 Å². The maximum atomic E-state index is 12.8. The third kappa shape index (κ3) is 7.51. The Balaban J connectivity index is 3.42. The molecule has 0 aromatic heterocycles. The Hall–Kier alpha value is -0.619. The van der Waals surface area contributed by atoms with E-state index >= 15 is 0 Å². The zero-order chi connectivity index (χ0) is 19.0. The monoisotopic (exact) mass is 406 g/mol. The summed E-state index contributed by atoms with van der Waals surface area (Å²) in [4.78, 5) is 0.0584. The van der Waals surface area contributed by atoms with Crippen LogP contribution in [0.1, 0.15) is 0 Å². The molecule has 0 aliphatic carbocycles. The lowest BCUT2D eigenvalue weighted by atomic mass is 10.3. The van der Waals surface area contributed by atoms with Crippen LogP contribution < -0.4 is 8.85 Å². The van der Waals surface area contributed by atoms with Gasteiger partial charge < -0.3 is 12.7 Å². The van der Waals surface area contributed by atoms with E-state index in [0.29, 0.717) is 11.5 Å². The molecular weight excluding hydrogens is 376 g/mol. The van der Waals surface area contributed by atoms with Crippen molar-refractivity contribution >= 4 is 35.1 Å².